The van der Waals surface area contributed by atoms with Crippen LogP contribution in [0.3, 0.4) is 0 Å². The van der Waals surface area contributed by atoms with Gasteiger partial charge < -0.3 is 21.5 Å². The van der Waals surface area contributed by atoms with Crippen molar-refractivity contribution in [1.82, 2.24) is 19.9 Å². The van der Waals surface area contributed by atoms with E-state index in [0.29, 0.717) is 22.9 Å². The van der Waals surface area contributed by atoms with Crippen molar-refractivity contribution >= 4 is 46.2 Å². The third-order valence-corrected chi connectivity index (χ3v) is 8.01. The van der Waals surface area contributed by atoms with E-state index in [9.17, 15) is 5.11 Å². The third-order valence-electron chi connectivity index (χ3n) is 6.50. The molecule has 2 fully saturated rings. The lowest BCUT2D eigenvalue weighted by Gasteiger charge is -2.42. The summed E-state index contributed by atoms with van der Waals surface area (Å²) in [4.78, 5) is 21.0. The molecule has 4 heterocycles. The fraction of sp³-hybridized carbons (Fsp3) is 0.429. The zero-order valence-electron chi connectivity index (χ0n) is 16.9. The first-order valence-corrected chi connectivity index (χ1v) is 11.5. The summed E-state index contributed by atoms with van der Waals surface area (Å²) >= 11 is 7.65. The van der Waals surface area contributed by atoms with Gasteiger partial charge in [0.05, 0.1) is 17.3 Å². The average Bonchev–Trinajstić information content (AvgIpc) is 3.04. The molecule has 1 spiro atoms. The number of aliphatic hydroxyl groups is 1. The molecular formula is C21H24ClN7OS. The highest BCUT2D eigenvalue weighted by molar-refractivity contribution is 7.99. The monoisotopic (exact) mass is 457 g/mol. The van der Waals surface area contributed by atoms with Crippen LogP contribution in [0.5, 0.6) is 0 Å². The summed E-state index contributed by atoms with van der Waals surface area (Å²) < 4.78 is 0. The minimum absolute atomic E-state index is 0.0610. The predicted molar refractivity (Wildman–Crippen MR) is 122 cm³/mol. The third kappa shape index (κ3) is 3.91. The normalized spacial score (nSPS) is 23.0. The first-order chi connectivity index (χ1) is 14.9. The van der Waals surface area contributed by atoms with Crippen LogP contribution in [0.4, 0.5) is 11.6 Å². The molecule has 1 saturated carbocycles. The molecule has 162 valence electrons. The summed E-state index contributed by atoms with van der Waals surface area (Å²) in [5.41, 5.74) is 13.5. The van der Waals surface area contributed by atoms with Crippen LogP contribution in [0, 0.1) is 5.41 Å². The van der Waals surface area contributed by atoms with E-state index in [1.807, 2.05) is 18.2 Å². The molecule has 31 heavy (non-hydrogen) atoms. The standard InChI is InChI=1S/C21H24ClN7OS/c22-18-14(3-6-25-19(18)24)31-17-2-1-13-20(28-17)26-11-16(27-13)29-7-4-21(5-8-29)10-12(30)9-15(21)23/h1-3,6,11-12,15,30H,4-5,7-10,23H2,(H2,24,25)/t12-,15+/m0/s1. The predicted octanol–water partition coefficient (Wildman–Crippen LogP) is 2.88. The van der Waals surface area contributed by atoms with E-state index in [2.05, 4.69) is 19.9 Å². The Bertz CT molecular complexity index is 1120. The molecule has 8 nitrogen and oxygen atoms in total. The van der Waals surface area contributed by atoms with E-state index in [4.69, 9.17) is 28.1 Å². The van der Waals surface area contributed by atoms with Crippen LogP contribution in [-0.2, 0) is 0 Å². The average molecular weight is 458 g/mol. The van der Waals surface area contributed by atoms with Gasteiger partial charge in [-0.2, -0.15) is 0 Å². The van der Waals surface area contributed by atoms with Gasteiger partial charge in [0.1, 0.15) is 22.2 Å². The van der Waals surface area contributed by atoms with E-state index in [0.717, 1.165) is 53.6 Å². The molecule has 10 heteroatoms. The second-order valence-corrected chi connectivity index (χ2v) is 9.82. The molecule has 1 aliphatic heterocycles. The van der Waals surface area contributed by atoms with Gasteiger partial charge in [-0.25, -0.2) is 19.9 Å². The number of pyridine rings is 2. The Hall–Kier alpha value is -2.20. The molecule has 0 amide bonds. The Morgan fingerprint density at radius 1 is 1.16 bits per heavy atom. The fourth-order valence-corrected chi connectivity index (χ4v) is 5.77. The van der Waals surface area contributed by atoms with Crippen molar-refractivity contribution in [2.24, 2.45) is 11.1 Å². The lowest BCUT2D eigenvalue weighted by atomic mass is 9.74. The summed E-state index contributed by atoms with van der Waals surface area (Å²) in [6.45, 7) is 1.73. The largest absolute Gasteiger partial charge is 0.393 e. The van der Waals surface area contributed by atoms with Crippen LogP contribution in [0.15, 0.2) is 40.5 Å². The molecule has 0 bridgehead atoms. The van der Waals surface area contributed by atoms with Gasteiger partial charge in [0.2, 0.25) is 0 Å². The summed E-state index contributed by atoms with van der Waals surface area (Å²) in [5.74, 6) is 1.15. The van der Waals surface area contributed by atoms with Crippen LogP contribution < -0.4 is 16.4 Å². The number of hydrogen-bond acceptors (Lipinski definition) is 9. The van der Waals surface area contributed by atoms with E-state index >= 15 is 0 Å². The van der Waals surface area contributed by atoms with Crippen molar-refractivity contribution in [2.75, 3.05) is 23.7 Å². The lowest BCUT2D eigenvalue weighted by molar-refractivity contribution is 0.141. The number of aliphatic hydroxyl groups excluding tert-OH is 1. The Balaban J connectivity index is 1.32. The second-order valence-electron chi connectivity index (χ2n) is 8.38. The van der Waals surface area contributed by atoms with Crippen molar-refractivity contribution in [3.8, 4) is 0 Å². The highest BCUT2D eigenvalue weighted by Gasteiger charge is 2.46. The van der Waals surface area contributed by atoms with Gasteiger partial charge in [-0.1, -0.05) is 23.4 Å². The molecule has 0 radical (unpaired) electrons. The van der Waals surface area contributed by atoms with Crippen molar-refractivity contribution in [2.45, 2.75) is 47.8 Å². The molecule has 0 unspecified atom stereocenters. The molecule has 1 aliphatic carbocycles. The number of fused-ring (bicyclic) bond motifs is 1. The molecule has 5 rings (SSSR count). The molecule has 3 aromatic heterocycles. The number of hydrogen-bond donors (Lipinski definition) is 3. The van der Waals surface area contributed by atoms with Gasteiger partial charge in [-0.15, -0.1) is 0 Å². The van der Waals surface area contributed by atoms with E-state index in [-0.39, 0.29) is 17.6 Å². The SMILES string of the molecule is Nc1nccc(Sc2ccc3nc(N4CCC5(CC4)C[C@@H](O)C[C@H]5N)cnc3n2)c1Cl. The quantitative estimate of drug-likeness (QED) is 0.543. The first kappa shape index (κ1) is 20.7. The summed E-state index contributed by atoms with van der Waals surface area (Å²) in [6, 6.07) is 5.72. The van der Waals surface area contributed by atoms with Crippen LogP contribution in [0.2, 0.25) is 5.02 Å². The number of rotatable bonds is 3. The molecule has 2 atom stereocenters. The first-order valence-electron chi connectivity index (χ1n) is 10.3. The van der Waals surface area contributed by atoms with Gasteiger partial charge in [0.15, 0.2) is 5.65 Å². The molecule has 3 aromatic rings. The summed E-state index contributed by atoms with van der Waals surface area (Å²) in [6.07, 6.45) is 6.59. The van der Waals surface area contributed by atoms with Crippen LogP contribution in [-0.4, -0.2) is 50.3 Å². The van der Waals surface area contributed by atoms with Crippen molar-refractivity contribution < 1.29 is 5.11 Å². The van der Waals surface area contributed by atoms with Crippen LogP contribution >= 0.6 is 23.4 Å². The Labute approximate surface area is 189 Å². The number of nitrogens with two attached hydrogens (primary N) is 2. The zero-order valence-corrected chi connectivity index (χ0v) is 18.5. The van der Waals surface area contributed by atoms with Crippen LogP contribution in [0.1, 0.15) is 25.7 Å². The summed E-state index contributed by atoms with van der Waals surface area (Å²) in [5, 5.41) is 11.2. The second kappa shape index (κ2) is 8.05. The number of anilines is 2. The molecule has 1 saturated heterocycles. The maximum Gasteiger partial charge on any atom is 0.179 e. The number of nitrogen functional groups attached to an aromatic ring is 1. The summed E-state index contributed by atoms with van der Waals surface area (Å²) in [7, 11) is 0. The van der Waals surface area contributed by atoms with Crippen molar-refractivity contribution in [3.63, 3.8) is 0 Å². The highest BCUT2D eigenvalue weighted by atomic mass is 35.5. The van der Waals surface area contributed by atoms with E-state index in [1.54, 1.807) is 12.4 Å². The minimum Gasteiger partial charge on any atom is -0.393 e. The van der Waals surface area contributed by atoms with Crippen molar-refractivity contribution in [1.29, 1.82) is 0 Å². The van der Waals surface area contributed by atoms with E-state index in [1.165, 1.54) is 11.8 Å². The number of aromatic nitrogens is 4. The molecule has 5 N–H and O–H groups in total. The highest BCUT2D eigenvalue weighted by Crippen LogP contribution is 2.46. The number of nitrogens with zero attached hydrogens (tertiary/aromatic N) is 5. The lowest BCUT2D eigenvalue weighted by Crippen LogP contribution is -2.47. The maximum atomic E-state index is 10.0. The number of halogens is 1. The van der Waals surface area contributed by atoms with Gasteiger partial charge >= 0.3 is 0 Å². The Morgan fingerprint density at radius 2 is 1.97 bits per heavy atom. The topological polar surface area (TPSA) is 127 Å². The smallest absolute Gasteiger partial charge is 0.179 e. The maximum absolute atomic E-state index is 10.0. The molecule has 0 aromatic carbocycles. The molecule has 2 aliphatic rings. The van der Waals surface area contributed by atoms with Gasteiger partial charge in [-0.05, 0) is 49.3 Å². The Kier molecular flexibility index (Phi) is 5.37. The number of piperidine rings is 1. The Morgan fingerprint density at radius 3 is 2.71 bits per heavy atom. The van der Waals surface area contributed by atoms with Gasteiger partial charge in [0, 0.05) is 30.2 Å². The minimum atomic E-state index is -0.265. The molecular weight excluding hydrogens is 434 g/mol. The van der Waals surface area contributed by atoms with Gasteiger partial charge in [0.25, 0.3) is 0 Å². The van der Waals surface area contributed by atoms with Crippen LogP contribution in [0.25, 0.3) is 11.2 Å². The van der Waals surface area contributed by atoms with Gasteiger partial charge in [-0.3, -0.25) is 0 Å². The zero-order chi connectivity index (χ0) is 21.6. The fourth-order valence-electron chi connectivity index (χ4n) is 4.72. The van der Waals surface area contributed by atoms with Crippen molar-refractivity contribution in [3.05, 3.63) is 35.6 Å². The van der Waals surface area contributed by atoms with E-state index < -0.39 is 0 Å².